The van der Waals surface area contributed by atoms with Gasteiger partial charge in [0.05, 0.1) is 23.8 Å². The molecule has 4 nitrogen and oxygen atoms in total. The maximum absolute atomic E-state index is 11.5. The molecule has 0 bridgehead atoms. The molecule has 0 saturated heterocycles. The molecule has 2 aromatic rings. The maximum atomic E-state index is 11.5. The Morgan fingerprint density at radius 3 is 3.13 bits per heavy atom. The standard InChI is InChI=1S/C11H12N2O2/c1-15-6-5-8-3-2-4-9-10(8)12-7-13-11(9)14/h2-4,7H,5-6H2,1H3,(H,12,13,14). The van der Waals surface area contributed by atoms with E-state index in [2.05, 4.69) is 9.97 Å². The minimum atomic E-state index is -0.0979. The van der Waals surface area contributed by atoms with Crippen molar-refractivity contribution in [1.82, 2.24) is 9.97 Å². The van der Waals surface area contributed by atoms with E-state index in [4.69, 9.17) is 4.74 Å². The lowest BCUT2D eigenvalue weighted by Gasteiger charge is -2.03. The van der Waals surface area contributed by atoms with Gasteiger partial charge in [-0.25, -0.2) is 4.98 Å². The Kier molecular flexibility index (Phi) is 2.78. The molecular weight excluding hydrogens is 192 g/mol. The Balaban J connectivity index is 2.56. The number of hydrogen-bond donors (Lipinski definition) is 1. The number of nitrogens with one attached hydrogen (secondary N) is 1. The lowest BCUT2D eigenvalue weighted by molar-refractivity contribution is 0.202. The molecule has 4 heteroatoms. The summed E-state index contributed by atoms with van der Waals surface area (Å²) in [5.41, 5.74) is 1.71. The number of methoxy groups -OCH3 is 1. The van der Waals surface area contributed by atoms with E-state index in [1.807, 2.05) is 12.1 Å². The Morgan fingerprint density at radius 2 is 2.33 bits per heavy atom. The molecule has 0 unspecified atom stereocenters. The van der Waals surface area contributed by atoms with Gasteiger partial charge in [0.1, 0.15) is 0 Å². The fourth-order valence-corrected chi connectivity index (χ4v) is 1.57. The zero-order valence-corrected chi connectivity index (χ0v) is 8.49. The van der Waals surface area contributed by atoms with Crippen LogP contribution in [0, 0.1) is 0 Å². The molecular formula is C11H12N2O2. The van der Waals surface area contributed by atoms with Crippen molar-refractivity contribution >= 4 is 10.9 Å². The van der Waals surface area contributed by atoms with E-state index in [1.165, 1.54) is 6.33 Å². The van der Waals surface area contributed by atoms with Gasteiger partial charge in [-0.05, 0) is 18.1 Å². The summed E-state index contributed by atoms with van der Waals surface area (Å²) >= 11 is 0. The number of para-hydroxylation sites is 1. The number of H-pyrrole nitrogens is 1. The zero-order chi connectivity index (χ0) is 10.7. The van der Waals surface area contributed by atoms with E-state index in [-0.39, 0.29) is 5.56 Å². The van der Waals surface area contributed by atoms with E-state index in [0.29, 0.717) is 12.0 Å². The highest BCUT2D eigenvalue weighted by atomic mass is 16.5. The first-order valence-corrected chi connectivity index (χ1v) is 4.77. The van der Waals surface area contributed by atoms with Gasteiger partial charge in [0.25, 0.3) is 5.56 Å². The van der Waals surface area contributed by atoms with Gasteiger partial charge in [-0.15, -0.1) is 0 Å². The highest BCUT2D eigenvalue weighted by Gasteiger charge is 2.03. The first kappa shape index (κ1) is 9.86. The Hall–Kier alpha value is -1.68. The van der Waals surface area contributed by atoms with E-state index in [9.17, 15) is 4.79 Å². The van der Waals surface area contributed by atoms with Crippen LogP contribution in [0.5, 0.6) is 0 Å². The van der Waals surface area contributed by atoms with Gasteiger partial charge in [-0.3, -0.25) is 4.79 Å². The fraction of sp³-hybridized carbons (Fsp3) is 0.273. The molecule has 2 rings (SSSR count). The van der Waals surface area contributed by atoms with Crippen molar-refractivity contribution < 1.29 is 4.74 Å². The summed E-state index contributed by atoms with van der Waals surface area (Å²) in [6, 6.07) is 5.61. The molecule has 0 aliphatic heterocycles. The van der Waals surface area contributed by atoms with Crippen molar-refractivity contribution in [2.24, 2.45) is 0 Å². The topological polar surface area (TPSA) is 55.0 Å². The Morgan fingerprint density at radius 1 is 1.47 bits per heavy atom. The van der Waals surface area contributed by atoms with Gasteiger partial charge in [-0.2, -0.15) is 0 Å². The third kappa shape index (κ3) is 1.89. The molecule has 0 fully saturated rings. The second-order valence-electron chi connectivity index (χ2n) is 3.29. The van der Waals surface area contributed by atoms with Crippen molar-refractivity contribution in [2.45, 2.75) is 6.42 Å². The van der Waals surface area contributed by atoms with Gasteiger partial charge in [-0.1, -0.05) is 12.1 Å². The third-order valence-electron chi connectivity index (χ3n) is 2.33. The minimum absolute atomic E-state index is 0.0979. The summed E-state index contributed by atoms with van der Waals surface area (Å²) in [6.07, 6.45) is 2.20. The molecule has 0 spiro atoms. The second kappa shape index (κ2) is 4.23. The predicted octanol–water partition coefficient (Wildman–Crippen LogP) is 1.11. The van der Waals surface area contributed by atoms with Crippen LogP contribution < -0.4 is 5.56 Å². The largest absolute Gasteiger partial charge is 0.384 e. The summed E-state index contributed by atoms with van der Waals surface area (Å²) < 4.78 is 5.01. The average Bonchev–Trinajstić information content (AvgIpc) is 2.27. The molecule has 0 radical (unpaired) electrons. The quantitative estimate of drug-likeness (QED) is 0.814. The third-order valence-corrected chi connectivity index (χ3v) is 2.33. The Bertz CT molecular complexity index is 519. The normalized spacial score (nSPS) is 10.7. The molecule has 15 heavy (non-hydrogen) atoms. The molecule has 1 heterocycles. The number of ether oxygens (including phenoxy) is 1. The Labute approximate surface area is 86.9 Å². The number of aromatic nitrogens is 2. The fourth-order valence-electron chi connectivity index (χ4n) is 1.57. The van der Waals surface area contributed by atoms with Gasteiger partial charge in [0.15, 0.2) is 0 Å². The van der Waals surface area contributed by atoms with Crippen molar-refractivity contribution in [3.8, 4) is 0 Å². The summed E-state index contributed by atoms with van der Waals surface area (Å²) in [6.45, 7) is 0.633. The number of rotatable bonds is 3. The number of hydrogen-bond acceptors (Lipinski definition) is 3. The van der Waals surface area contributed by atoms with E-state index in [1.54, 1.807) is 13.2 Å². The van der Waals surface area contributed by atoms with Crippen LogP contribution >= 0.6 is 0 Å². The molecule has 78 valence electrons. The van der Waals surface area contributed by atoms with Crippen LogP contribution in [0.15, 0.2) is 29.3 Å². The highest BCUT2D eigenvalue weighted by Crippen LogP contribution is 2.12. The van der Waals surface area contributed by atoms with Crippen LogP contribution in [0.3, 0.4) is 0 Å². The zero-order valence-electron chi connectivity index (χ0n) is 8.49. The second-order valence-corrected chi connectivity index (χ2v) is 3.29. The summed E-state index contributed by atoms with van der Waals surface area (Å²) in [4.78, 5) is 18.2. The lowest BCUT2D eigenvalue weighted by Crippen LogP contribution is -2.08. The van der Waals surface area contributed by atoms with Crippen LogP contribution in [-0.4, -0.2) is 23.7 Å². The molecule has 1 N–H and O–H groups in total. The summed E-state index contributed by atoms with van der Waals surface area (Å²) in [7, 11) is 1.66. The molecule has 1 aromatic heterocycles. The lowest BCUT2D eigenvalue weighted by atomic mass is 10.1. The smallest absolute Gasteiger partial charge is 0.258 e. The van der Waals surface area contributed by atoms with Crippen LogP contribution in [0.1, 0.15) is 5.56 Å². The SMILES string of the molecule is COCCc1cccc2c(=O)[nH]cnc12. The molecule has 0 saturated carbocycles. The van der Waals surface area contributed by atoms with Crippen molar-refractivity contribution in [2.75, 3.05) is 13.7 Å². The van der Waals surface area contributed by atoms with E-state index < -0.39 is 0 Å². The highest BCUT2D eigenvalue weighted by molar-refractivity contribution is 5.80. The van der Waals surface area contributed by atoms with Gasteiger partial charge in [0, 0.05) is 7.11 Å². The minimum Gasteiger partial charge on any atom is -0.384 e. The molecule has 0 aliphatic carbocycles. The van der Waals surface area contributed by atoms with Gasteiger partial charge < -0.3 is 9.72 Å². The average molecular weight is 204 g/mol. The van der Waals surface area contributed by atoms with Gasteiger partial charge in [0.2, 0.25) is 0 Å². The molecule has 1 aromatic carbocycles. The summed E-state index contributed by atoms with van der Waals surface area (Å²) in [5.74, 6) is 0. The maximum Gasteiger partial charge on any atom is 0.258 e. The number of benzene rings is 1. The first-order chi connectivity index (χ1) is 7.33. The van der Waals surface area contributed by atoms with Gasteiger partial charge >= 0.3 is 0 Å². The molecule has 0 amide bonds. The van der Waals surface area contributed by atoms with Crippen LogP contribution in [-0.2, 0) is 11.2 Å². The van der Waals surface area contributed by atoms with E-state index in [0.717, 1.165) is 17.5 Å². The number of nitrogens with zero attached hydrogens (tertiary/aromatic N) is 1. The molecule has 0 atom stereocenters. The summed E-state index contributed by atoms with van der Waals surface area (Å²) in [5, 5.41) is 0.631. The van der Waals surface area contributed by atoms with Crippen molar-refractivity contribution in [3.05, 3.63) is 40.4 Å². The van der Waals surface area contributed by atoms with Crippen molar-refractivity contribution in [1.29, 1.82) is 0 Å². The predicted molar refractivity (Wildman–Crippen MR) is 57.9 cm³/mol. The van der Waals surface area contributed by atoms with Crippen LogP contribution in [0.25, 0.3) is 10.9 Å². The first-order valence-electron chi connectivity index (χ1n) is 4.77. The molecule has 0 aliphatic rings. The van der Waals surface area contributed by atoms with E-state index >= 15 is 0 Å². The van der Waals surface area contributed by atoms with Crippen LogP contribution in [0.2, 0.25) is 0 Å². The van der Waals surface area contributed by atoms with Crippen molar-refractivity contribution in [3.63, 3.8) is 0 Å². The van der Waals surface area contributed by atoms with Crippen LogP contribution in [0.4, 0.5) is 0 Å². The number of fused-ring (bicyclic) bond motifs is 1. The monoisotopic (exact) mass is 204 g/mol. The number of aromatic amines is 1.